The average molecular weight is 416 g/mol. The molecule has 1 saturated heterocycles. The molecule has 0 saturated carbocycles. The van der Waals surface area contributed by atoms with Gasteiger partial charge in [-0.25, -0.2) is 20.4 Å². The number of nitrogens with zero attached hydrogens (tertiary/aromatic N) is 4. The third-order valence-electron chi connectivity index (χ3n) is 5.69. The number of hydrazine groups is 1. The lowest BCUT2D eigenvalue weighted by Crippen LogP contribution is -2.43. The van der Waals surface area contributed by atoms with Crippen LogP contribution in [0.25, 0.3) is 0 Å². The van der Waals surface area contributed by atoms with Gasteiger partial charge in [-0.2, -0.15) is 0 Å². The molecule has 1 atom stereocenters. The Bertz CT molecular complexity index is 1100. The molecule has 8 heteroatoms. The van der Waals surface area contributed by atoms with Crippen molar-refractivity contribution >= 4 is 28.9 Å². The SMILES string of the molecule is NC1CCCN(c2ccccc2NC(=O)c2ccnc(N3NCc4ccccc43)n2)C1. The van der Waals surface area contributed by atoms with Gasteiger partial charge in [0.1, 0.15) is 5.69 Å². The fourth-order valence-corrected chi connectivity index (χ4v) is 4.16. The number of hydrogen-bond donors (Lipinski definition) is 3. The van der Waals surface area contributed by atoms with Gasteiger partial charge in [0.2, 0.25) is 5.95 Å². The zero-order chi connectivity index (χ0) is 21.2. The molecule has 158 valence electrons. The number of nitrogens with one attached hydrogen (secondary N) is 2. The first-order valence-electron chi connectivity index (χ1n) is 10.5. The van der Waals surface area contributed by atoms with Gasteiger partial charge in [0.15, 0.2) is 0 Å². The molecule has 4 N–H and O–H groups in total. The number of rotatable bonds is 4. The lowest BCUT2D eigenvalue weighted by atomic mass is 10.1. The molecule has 2 aromatic carbocycles. The fraction of sp³-hybridized carbons (Fsp3) is 0.261. The van der Waals surface area contributed by atoms with Crippen molar-refractivity contribution in [1.29, 1.82) is 0 Å². The first-order valence-corrected chi connectivity index (χ1v) is 10.5. The van der Waals surface area contributed by atoms with E-state index in [-0.39, 0.29) is 11.9 Å². The molecular weight excluding hydrogens is 390 g/mol. The van der Waals surface area contributed by atoms with Crippen molar-refractivity contribution in [2.45, 2.75) is 25.4 Å². The number of benzene rings is 2. The van der Waals surface area contributed by atoms with Crippen LogP contribution in [0.3, 0.4) is 0 Å². The van der Waals surface area contributed by atoms with E-state index in [4.69, 9.17) is 5.73 Å². The van der Waals surface area contributed by atoms with Crippen LogP contribution in [-0.4, -0.2) is 35.0 Å². The fourth-order valence-electron chi connectivity index (χ4n) is 4.16. The quantitative estimate of drug-likeness (QED) is 0.603. The number of hydrogen-bond acceptors (Lipinski definition) is 7. The molecule has 8 nitrogen and oxygen atoms in total. The highest BCUT2D eigenvalue weighted by atomic mass is 16.1. The summed E-state index contributed by atoms with van der Waals surface area (Å²) in [6.07, 6.45) is 3.68. The molecule has 1 amide bonds. The van der Waals surface area contributed by atoms with E-state index in [9.17, 15) is 4.79 Å². The number of carbonyl (C=O) groups excluding carboxylic acids is 1. The van der Waals surface area contributed by atoms with Crippen molar-refractivity contribution in [3.05, 3.63) is 72.1 Å². The van der Waals surface area contributed by atoms with Crippen molar-refractivity contribution in [1.82, 2.24) is 15.4 Å². The van der Waals surface area contributed by atoms with E-state index in [1.807, 2.05) is 47.5 Å². The maximum atomic E-state index is 13.0. The Morgan fingerprint density at radius 2 is 1.90 bits per heavy atom. The number of nitrogens with two attached hydrogens (primary N) is 1. The zero-order valence-electron chi connectivity index (χ0n) is 17.2. The standard InChI is InChI=1S/C23H25N7O/c24-17-7-5-13-29(15-17)21-10-4-2-8-18(21)27-22(31)19-11-12-25-23(28-19)30-20-9-3-1-6-16(20)14-26-30/h1-4,6,8-12,17,26H,5,7,13-15,24H2,(H,27,31). The largest absolute Gasteiger partial charge is 0.368 e. The van der Waals surface area contributed by atoms with Crippen LogP contribution in [-0.2, 0) is 6.54 Å². The van der Waals surface area contributed by atoms with E-state index in [1.54, 1.807) is 12.3 Å². The van der Waals surface area contributed by atoms with Gasteiger partial charge < -0.3 is 16.0 Å². The smallest absolute Gasteiger partial charge is 0.274 e. The molecule has 1 unspecified atom stereocenters. The normalized spacial score (nSPS) is 18.0. The van der Waals surface area contributed by atoms with Crippen molar-refractivity contribution in [3.8, 4) is 0 Å². The lowest BCUT2D eigenvalue weighted by Gasteiger charge is -2.33. The number of fused-ring (bicyclic) bond motifs is 1. The predicted octanol–water partition coefficient (Wildman–Crippen LogP) is 2.81. The van der Waals surface area contributed by atoms with Gasteiger partial charge in [-0.3, -0.25) is 4.79 Å². The van der Waals surface area contributed by atoms with Gasteiger partial charge in [-0.15, -0.1) is 0 Å². The number of anilines is 4. The summed E-state index contributed by atoms with van der Waals surface area (Å²) in [6, 6.07) is 17.6. The van der Waals surface area contributed by atoms with Crippen LogP contribution in [0.4, 0.5) is 23.0 Å². The van der Waals surface area contributed by atoms with E-state index in [2.05, 4.69) is 31.7 Å². The molecule has 1 fully saturated rings. The summed E-state index contributed by atoms with van der Waals surface area (Å²) >= 11 is 0. The second kappa shape index (κ2) is 8.33. The van der Waals surface area contributed by atoms with E-state index in [0.717, 1.165) is 48.6 Å². The summed E-state index contributed by atoms with van der Waals surface area (Å²) in [5, 5.41) is 4.84. The molecule has 0 aliphatic carbocycles. The molecule has 2 aliphatic rings. The van der Waals surface area contributed by atoms with Crippen LogP contribution in [0, 0.1) is 0 Å². The number of para-hydroxylation sites is 3. The lowest BCUT2D eigenvalue weighted by molar-refractivity contribution is 0.102. The molecule has 0 bridgehead atoms. The van der Waals surface area contributed by atoms with Crippen molar-refractivity contribution in [3.63, 3.8) is 0 Å². The van der Waals surface area contributed by atoms with Gasteiger partial charge in [-0.1, -0.05) is 30.3 Å². The molecular formula is C23H25N7O. The summed E-state index contributed by atoms with van der Waals surface area (Å²) in [5.41, 5.74) is 13.6. The molecule has 3 heterocycles. The highest BCUT2D eigenvalue weighted by Crippen LogP contribution is 2.30. The number of piperidine rings is 1. The Hall–Kier alpha value is -3.49. The summed E-state index contributed by atoms with van der Waals surface area (Å²) in [4.78, 5) is 24.1. The Kier molecular flexibility index (Phi) is 5.23. The molecule has 1 aromatic heterocycles. The number of carbonyl (C=O) groups is 1. The Balaban J connectivity index is 1.37. The molecule has 3 aromatic rings. The third-order valence-corrected chi connectivity index (χ3v) is 5.69. The molecule has 5 rings (SSSR count). The van der Waals surface area contributed by atoms with Crippen molar-refractivity contribution in [2.24, 2.45) is 5.73 Å². The van der Waals surface area contributed by atoms with Crippen molar-refractivity contribution < 1.29 is 4.79 Å². The molecule has 31 heavy (non-hydrogen) atoms. The highest BCUT2D eigenvalue weighted by molar-refractivity contribution is 6.04. The van der Waals surface area contributed by atoms with E-state index in [1.165, 1.54) is 0 Å². The van der Waals surface area contributed by atoms with Gasteiger partial charge >= 0.3 is 0 Å². The van der Waals surface area contributed by atoms with Crippen LogP contribution in [0.5, 0.6) is 0 Å². The summed E-state index contributed by atoms with van der Waals surface area (Å²) in [7, 11) is 0. The van der Waals surface area contributed by atoms with Gasteiger partial charge in [-0.05, 0) is 42.7 Å². The summed E-state index contributed by atoms with van der Waals surface area (Å²) < 4.78 is 0. The van der Waals surface area contributed by atoms with Crippen LogP contribution in [0.1, 0.15) is 28.9 Å². The van der Waals surface area contributed by atoms with E-state index < -0.39 is 0 Å². The summed E-state index contributed by atoms with van der Waals surface area (Å²) in [5.74, 6) is 0.165. The number of aromatic nitrogens is 2. The topological polar surface area (TPSA) is 99.4 Å². The van der Waals surface area contributed by atoms with Gasteiger partial charge in [0.25, 0.3) is 5.91 Å². The first kappa shape index (κ1) is 19.5. The minimum atomic E-state index is -0.273. The van der Waals surface area contributed by atoms with Crippen molar-refractivity contribution in [2.75, 3.05) is 28.3 Å². The van der Waals surface area contributed by atoms with E-state index >= 15 is 0 Å². The monoisotopic (exact) mass is 415 g/mol. The Labute approximate surface area is 181 Å². The molecule has 2 aliphatic heterocycles. The second-order valence-electron chi connectivity index (χ2n) is 7.86. The first-order chi connectivity index (χ1) is 15.2. The van der Waals surface area contributed by atoms with Crippen LogP contribution < -0.4 is 26.4 Å². The van der Waals surface area contributed by atoms with Gasteiger partial charge in [0, 0.05) is 31.9 Å². The van der Waals surface area contributed by atoms with Crippen LogP contribution >= 0.6 is 0 Å². The predicted molar refractivity (Wildman–Crippen MR) is 121 cm³/mol. The second-order valence-corrected chi connectivity index (χ2v) is 7.86. The Morgan fingerprint density at radius 1 is 1.10 bits per heavy atom. The molecule has 0 spiro atoms. The van der Waals surface area contributed by atoms with Crippen LogP contribution in [0.15, 0.2) is 60.8 Å². The van der Waals surface area contributed by atoms with Gasteiger partial charge in [0.05, 0.1) is 17.1 Å². The minimum Gasteiger partial charge on any atom is -0.368 e. The maximum absolute atomic E-state index is 13.0. The number of amides is 1. The Morgan fingerprint density at radius 3 is 2.77 bits per heavy atom. The molecule has 0 radical (unpaired) electrons. The van der Waals surface area contributed by atoms with E-state index in [0.29, 0.717) is 18.2 Å². The third kappa shape index (κ3) is 3.95. The highest BCUT2D eigenvalue weighted by Gasteiger charge is 2.23. The zero-order valence-corrected chi connectivity index (χ0v) is 17.2. The maximum Gasteiger partial charge on any atom is 0.274 e. The minimum absolute atomic E-state index is 0.151. The summed E-state index contributed by atoms with van der Waals surface area (Å²) in [6.45, 7) is 2.41. The average Bonchev–Trinajstić information content (AvgIpc) is 3.24. The van der Waals surface area contributed by atoms with Crippen LogP contribution in [0.2, 0.25) is 0 Å².